The molecule has 1 amide bonds. The molecule has 108 valence electrons. The molecular formula is C14H13N3O4. The van der Waals surface area contributed by atoms with Gasteiger partial charge in [0.2, 0.25) is 11.7 Å². The molecule has 0 spiro atoms. The Hall–Kier alpha value is -2.96. The van der Waals surface area contributed by atoms with Crippen molar-refractivity contribution in [1.82, 2.24) is 15.4 Å². The number of nitrogens with one attached hydrogen (secondary N) is 1. The Labute approximate surface area is 120 Å². The molecule has 0 bridgehead atoms. The van der Waals surface area contributed by atoms with Crippen LogP contribution in [-0.4, -0.2) is 21.8 Å². The largest absolute Gasteiger partial charge is 0.473 e. The van der Waals surface area contributed by atoms with Gasteiger partial charge in [0.25, 0.3) is 0 Å². The molecule has 0 aliphatic rings. The number of nitrogens with zero attached hydrogens (tertiary/aromatic N) is 2. The van der Waals surface area contributed by atoms with E-state index in [4.69, 9.17) is 4.74 Å². The lowest BCUT2D eigenvalue weighted by molar-refractivity contribution is -0.146. The fourth-order valence-electron chi connectivity index (χ4n) is 1.43. The average molecular weight is 287 g/mol. The third-order valence-electron chi connectivity index (χ3n) is 2.35. The highest BCUT2D eigenvalue weighted by atomic mass is 16.7. The molecule has 1 aromatic heterocycles. The fraction of sp³-hybridized carbons (Fsp3) is 0.143. The molecule has 0 saturated carbocycles. The second kappa shape index (κ2) is 6.99. The molecule has 0 aliphatic carbocycles. The summed E-state index contributed by atoms with van der Waals surface area (Å²) in [7, 11) is 0. The first-order valence-electron chi connectivity index (χ1n) is 6.12. The van der Waals surface area contributed by atoms with Gasteiger partial charge in [-0.25, -0.2) is 4.98 Å². The summed E-state index contributed by atoms with van der Waals surface area (Å²) in [5, 5.41) is 0. The maximum Gasteiger partial charge on any atom is 0.329 e. The Balaban J connectivity index is 1.97. The highest BCUT2D eigenvalue weighted by Crippen LogP contribution is 2.09. The smallest absolute Gasteiger partial charge is 0.329 e. The van der Waals surface area contributed by atoms with Crippen LogP contribution in [0.5, 0.6) is 5.88 Å². The van der Waals surface area contributed by atoms with Crippen molar-refractivity contribution in [2.45, 2.75) is 13.5 Å². The number of carbonyl (C=O) groups excluding carboxylic acids is 2. The summed E-state index contributed by atoms with van der Waals surface area (Å²) in [4.78, 5) is 34.3. The summed E-state index contributed by atoms with van der Waals surface area (Å²) >= 11 is 0. The number of rotatable bonds is 4. The van der Waals surface area contributed by atoms with Gasteiger partial charge in [-0.05, 0) is 5.56 Å². The zero-order chi connectivity index (χ0) is 15.1. The highest BCUT2D eigenvalue weighted by molar-refractivity contribution is 5.90. The molecule has 0 fully saturated rings. The molecule has 2 rings (SSSR count). The van der Waals surface area contributed by atoms with Crippen LogP contribution in [0.2, 0.25) is 0 Å². The summed E-state index contributed by atoms with van der Waals surface area (Å²) in [5.41, 5.74) is 2.90. The van der Waals surface area contributed by atoms with Crippen molar-refractivity contribution in [3.8, 4) is 5.88 Å². The van der Waals surface area contributed by atoms with E-state index in [1.165, 1.54) is 19.2 Å². The first kappa shape index (κ1) is 14.4. The van der Waals surface area contributed by atoms with Gasteiger partial charge in [-0.15, -0.1) is 0 Å². The standard InChI is InChI=1S/C14H13N3O4/c1-10(18)21-17-14(19)13-15-8-7-12(16-13)20-9-11-5-3-2-4-6-11/h2-8H,9H2,1H3,(H,17,19). The number of ether oxygens (including phenoxy) is 1. The van der Waals surface area contributed by atoms with Gasteiger partial charge in [0.15, 0.2) is 0 Å². The van der Waals surface area contributed by atoms with E-state index in [0.29, 0.717) is 6.61 Å². The molecule has 1 aromatic carbocycles. The van der Waals surface area contributed by atoms with Gasteiger partial charge in [-0.3, -0.25) is 9.59 Å². The van der Waals surface area contributed by atoms with Crippen molar-refractivity contribution in [2.75, 3.05) is 0 Å². The molecule has 1 heterocycles. The molecule has 21 heavy (non-hydrogen) atoms. The van der Waals surface area contributed by atoms with Gasteiger partial charge in [0.05, 0.1) is 0 Å². The number of hydrogen-bond acceptors (Lipinski definition) is 6. The van der Waals surface area contributed by atoms with Crippen LogP contribution >= 0.6 is 0 Å². The summed E-state index contributed by atoms with van der Waals surface area (Å²) in [5.74, 6) is -1.26. The topological polar surface area (TPSA) is 90.4 Å². The van der Waals surface area contributed by atoms with E-state index < -0.39 is 11.9 Å². The molecular weight excluding hydrogens is 274 g/mol. The van der Waals surface area contributed by atoms with Gasteiger partial charge in [0, 0.05) is 19.2 Å². The second-order valence-corrected chi connectivity index (χ2v) is 4.02. The Morgan fingerprint density at radius 1 is 1.19 bits per heavy atom. The maximum absolute atomic E-state index is 11.6. The van der Waals surface area contributed by atoms with Crippen LogP contribution in [-0.2, 0) is 16.2 Å². The van der Waals surface area contributed by atoms with E-state index in [0.717, 1.165) is 5.56 Å². The number of aromatic nitrogens is 2. The maximum atomic E-state index is 11.6. The van der Waals surface area contributed by atoms with E-state index in [2.05, 4.69) is 14.8 Å². The summed E-state index contributed by atoms with van der Waals surface area (Å²) < 4.78 is 5.47. The van der Waals surface area contributed by atoms with E-state index >= 15 is 0 Å². The van der Waals surface area contributed by atoms with Crippen molar-refractivity contribution in [3.05, 3.63) is 54.0 Å². The summed E-state index contributed by atoms with van der Waals surface area (Å²) in [6.45, 7) is 1.49. The van der Waals surface area contributed by atoms with Crippen LogP contribution in [0.15, 0.2) is 42.6 Å². The van der Waals surface area contributed by atoms with Crippen LogP contribution in [0.25, 0.3) is 0 Å². The molecule has 0 unspecified atom stereocenters. The Bertz CT molecular complexity index is 631. The fourth-order valence-corrected chi connectivity index (χ4v) is 1.43. The third-order valence-corrected chi connectivity index (χ3v) is 2.35. The molecule has 0 saturated heterocycles. The number of benzene rings is 1. The first-order valence-corrected chi connectivity index (χ1v) is 6.12. The molecule has 0 radical (unpaired) electrons. The predicted octanol–water partition coefficient (Wildman–Crippen LogP) is 1.26. The second-order valence-electron chi connectivity index (χ2n) is 4.02. The molecule has 0 aliphatic heterocycles. The number of carbonyl (C=O) groups is 2. The van der Waals surface area contributed by atoms with Crippen LogP contribution in [0.3, 0.4) is 0 Å². The average Bonchev–Trinajstić information content (AvgIpc) is 2.52. The zero-order valence-electron chi connectivity index (χ0n) is 11.3. The van der Waals surface area contributed by atoms with Crippen LogP contribution in [0, 0.1) is 0 Å². The molecule has 7 heteroatoms. The van der Waals surface area contributed by atoms with Gasteiger partial charge >= 0.3 is 11.9 Å². The minimum atomic E-state index is -0.727. The number of hydroxylamine groups is 1. The molecule has 2 aromatic rings. The van der Waals surface area contributed by atoms with Crippen molar-refractivity contribution in [1.29, 1.82) is 0 Å². The molecule has 0 atom stereocenters. The third kappa shape index (κ3) is 4.57. The molecule has 7 nitrogen and oxygen atoms in total. The van der Waals surface area contributed by atoms with Gasteiger partial charge in [-0.2, -0.15) is 10.5 Å². The monoisotopic (exact) mass is 287 g/mol. The highest BCUT2D eigenvalue weighted by Gasteiger charge is 2.11. The van der Waals surface area contributed by atoms with Crippen LogP contribution in [0.4, 0.5) is 0 Å². The quantitative estimate of drug-likeness (QED) is 0.851. The minimum absolute atomic E-state index is 0.151. The van der Waals surface area contributed by atoms with E-state index in [-0.39, 0.29) is 11.7 Å². The predicted molar refractivity (Wildman–Crippen MR) is 72.0 cm³/mol. The Morgan fingerprint density at radius 2 is 1.95 bits per heavy atom. The van der Waals surface area contributed by atoms with E-state index in [9.17, 15) is 9.59 Å². The lowest BCUT2D eigenvalue weighted by atomic mass is 10.2. The van der Waals surface area contributed by atoms with Crippen molar-refractivity contribution >= 4 is 11.9 Å². The lowest BCUT2D eigenvalue weighted by Gasteiger charge is -2.06. The van der Waals surface area contributed by atoms with Gasteiger partial charge in [0.1, 0.15) is 6.61 Å². The molecule has 1 N–H and O–H groups in total. The first-order chi connectivity index (χ1) is 10.1. The Morgan fingerprint density at radius 3 is 2.67 bits per heavy atom. The normalized spacial score (nSPS) is 9.76. The zero-order valence-corrected chi connectivity index (χ0v) is 11.3. The van der Waals surface area contributed by atoms with E-state index in [1.54, 1.807) is 0 Å². The van der Waals surface area contributed by atoms with Gasteiger partial charge in [-0.1, -0.05) is 30.3 Å². The van der Waals surface area contributed by atoms with Gasteiger partial charge < -0.3 is 9.57 Å². The Kier molecular flexibility index (Phi) is 4.81. The van der Waals surface area contributed by atoms with Crippen molar-refractivity contribution in [2.24, 2.45) is 0 Å². The summed E-state index contributed by atoms with van der Waals surface area (Å²) in [6.07, 6.45) is 1.38. The van der Waals surface area contributed by atoms with Crippen LogP contribution < -0.4 is 10.2 Å². The minimum Gasteiger partial charge on any atom is -0.473 e. The number of hydrogen-bond donors (Lipinski definition) is 1. The van der Waals surface area contributed by atoms with Crippen molar-refractivity contribution < 1.29 is 19.2 Å². The SMILES string of the molecule is CC(=O)ONC(=O)c1nccc(OCc2ccccc2)n1. The lowest BCUT2D eigenvalue weighted by Crippen LogP contribution is -2.27. The van der Waals surface area contributed by atoms with Crippen molar-refractivity contribution in [3.63, 3.8) is 0 Å². The van der Waals surface area contributed by atoms with E-state index in [1.807, 2.05) is 35.8 Å². The summed E-state index contributed by atoms with van der Waals surface area (Å²) in [6, 6.07) is 11.1. The van der Waals surface area contributed by atoms with Crippen LogP contribution in [0.1, 0.15) is 23.1 Å². The number of amides is 1.